The van der Waals surface area contributed by atoms with Crippen molar-refractivity contribution in [3.05, 3.63) is 0 Å². The minimum absolute atomic E-state index is 0.263. The minimum atomic E-state index is -1.73. The molecule has 0 aliphatic heterocycles. The average molecular weight is 677 g/mol. The van der Waals surface area contributed by atoms with Crippen molar-refractivity contribution in [1.82, 2.24) is 31.9 Å². The van der Waals surface area contributed by atoms with Crippen LogP contribution in [0.15, 0.2) is 0 Å². The smallest absolute Gasteiger partial charge is 0.326 e. The molecule has 0 fully saturated rings. The molecule has 0 aliphatic rings. The van der Waals surface area contributed by atoms with Crippen molar-refractivity contribution in [3.8, 4) is 0 Å². The molecular formula is C25H44N10O12. The lowest BCUT2D eigenvalue weighted by Gasteiger charge is -2.23. The Balaban J connectivity index is 5.09. The van der Waals surface area contributed by atoms with Crippen molar-refractivity contribution < 1.29 is 58.5 Å². The summed E-state index contributed by atoms with van der Waals surface area (Å²) in [6.45, 7) is -2.97. The van der Waals surface area contributed by atoms with E-state index in [1.807, 2.05) is 10.6 Å². The third kappa shape index (κ3) is 18.0. The SMILES string of the molecule is NCCCC[C@H](N)C(=O)N[C@@H](CO)C(=O)N[C@@H](CCC(N)=O)C(=O)NCC(=O)NCC(=O)N[C@@H](CO)C(=O)N[C@@H](CC(N)=O)C(=O)O. The number of aliphatic carboxylic acids is 1. The topological polar surface area (TPSA) is 391 Å². The quantitative estimate of drug-likeness (QED) is 0.0422. The summed E-state index contributed by atoms with van der Waals surface area (Å²) in [5, 5.41) is 40.8. The van der Waals surface area contributed by atoms with Gasteiger partial charge < -0.3 is 70.2 Å². The second kappa shape index (κ2) is 22.6. The first kappa shape index (κ1) is 42.1. The Hall–Kier alpha value is -4.93. The molecule has 0 aliphatic carbocycles. The zero-order chi connectivity index (χ0) is 36.1. The van der Waals surface area contributed by atoms with E-state index in [0.29, 0.717) is 19.4 Å². The molecule has 266 valence electrons. The molecule has 17 N–H and O–H groups in total. The highest BCUT2D eigenvalue weighted by Crippen LogP contribution is 2.01. The number of nitrogens with two attached hydrogens (primary N) is 4. The van der Waals surface area contributed by atoms with Crippen molar-refractivity contribution >= 4 is 53.2 Å². The Morgan fingerprint density at radius 2 is 1.13 bits per heavy atom. The van der Waals surface area contributed by atoms with Gasteiger partial charge in [0.15, 0.2) is 0 Å². The van der Waals surface area contributed by atoms with E-state index >= 15 is 0 Å². The Morgan fingerprint density at radius 3 is 1.64 bits per heavy atom. The standard InChI is InChI=1S/C25H44N10O12/c26-6-2-1-3-12(27)21(42)35-16(11-37)24(45)33-13(4-5-17(28)38)22(43)31-8-19(40)30-9-20(41)32-15(10-36)23(44)34-14(25(46)47)7-18(29)39/h12-16,36-37H,1-11,26-27H2,(H2,28,38)(H2,29,39)(H,30,40)(H,31,43)(H,32,41)(H,33,45)(H,34,44)(H,35,42)(H,46,47)/t12-,13-,14-,15-,16-/m0/s1. The van der Waals surface area contributed by atoms with E-state index in [9.17, 15) is 53.4 Å². The van der Waals surface area contributed by atoms with E-state index in [1.165, 1.54) is 0 Å². The number of carbonyl (C=O) groups is 9. The van der Waals surface area contributed by atoms with Crippen molar-refractivity contribution in [1.29, 1.82) is 0 Å². The predicted molar refractivity (Wildman–Crippen MR) is 159 cm³/mol. The van der Waals surface area contributed by atoms with Crippen molar-refractivity contribution in [3.63, 3.8) is 0 Å². The molecule has 0 aromatic rings. The number of amides is 8. The van der Waals surface area contributed by atoms with Crippen LogP contribution in [-0.2, 0) is 43.2 Å². The van der Waals surface area contributed by atoms with Crippen LogP contribution in [0.5, 0.6) is 0 Å². The average Bonchev–Trinajstić information content (AvgIpc) is 3.00. The van der Waals surface area contributed by atoms with Gasteiger partial charge in [0.1, 0.15) is 24.2 Å². The monoisotopic (exact) mass is 676 g/mol. The molecule has 22 nitrogen and oxygen atoms in total. The van der Waals surface area contributed by atoms with Crippen LogP contribution in [0.25, 0.3) is 0 Å². The molecule has 0 bridgehead atoms. The first-order valence-electron chi connectivity index (χ1n) is 14.3. The first-order valence-corrected chi connectivity index (χ1v) is 14.3. The van der Waals surface area contributed by atoms with Crippen LogP contribution in [0, 0.1) is 0 Å². The van der Waals surface area contributed by atoms with Gasteiger partial charge in [-0.2, -0.15) is 0 Å². The number of hydrogen-bond donors (Lipinski definition) is 13. The fourth-order valence-corrected chi connectivity index (χ4v) is 3.59. The molecule has 0 saturated heterocycles. The number of unbranched alkanes of at least 4 members (excludes halogenated alkanes) is 1. The van der Waals surface area contributed by atoms with E-state index < -0.39 is 116 Å². The third-order valence-electron chi connectivity index (χ3n) is 6.16. The van der Waals surface area contributed by atoms with Gasteiger partial charge in [0.25, 0.3) is 0 Å². The lowest BCUT2D eigenvalue weighted by Crippen LogP contribution is -2.57. The number of aliphatic hydroxyl groups excluding tert-OH is 2. The first-order chi connectivity index (χ1) is 22.1. The molecule has 0 saturated carbocycles. The fourth-order valence-electron chi connectivity index (χ4n) is 3.59. The van der Waals surface area contributed by atoms with Crippen LogP contribution >= 0.6 is 0 Å². The molecule has 0 rings (SSSR count). The van der Waals surface area contributed by atoms with Gasteiger partial charge in [-0.15, -0.1) is 0 Å². The number of hydrogen-bond acceptors (Lipinski definition) is 13. The van der Waals surface area contributed by atoms with E-state index in [2.05, 4.69) is 21.3 Å². The summed E-state index contributed by atoms with van der Waals surface area (Å²) >= 11 is 0. The predicted octanol–water partition coefficient (Wildman–Crippen LogP) is -8.18. The van der Waals surface area contributed by atoms with Crippen molar-refractivity contribution in [2.45, 2.75) is 68.7 Å². The summed E-state index contributed by atoms with van der Waals surface area (Å²) in [5.41, 5.74) is 21.2. The molecule has 8 amide bonds. The number of primary amides is 2. The maximum atomic E-state index is 12.7. The van der Waals surface area contributed by atoms with Crippen molar-refractivity contribution in [2.75, 3.05) is 32.8 Å². The zero-order valence-electron chi connectivity index (χ0n) is 25.5. The van der Waals surface area contributed by atoms with Crippen LogP contribution in [0.1, 0.15) is 38.5 Å². The summed E-state index contributed by atoms with van der Waals surface area (Å²) in [6, 6.07) is -7.36. The second-order valence-electron chi connectivity index (χ2n) is 10.1. The highest BCUT2D eigenvalue weighted by Gasteiger charge is 2.29. The lowest BCUT2D eigenvalue weighted by atomic mass is 10.1. The fraction of sp³-hybridized carbons (Fsp3) is 0.640. The van der Waals surface area contributed by atoms with E-state index in [1.54, 1.807) is 0 Å². The molecule has 0 heterocycles. The van der Waals surface area contributed by atoms with Crippen LogP contribution < -0.4 is 54.8 Å². The van der Waals surface area contributed by atoms with E-state index in [-0.39, 0.29) is 19.3 Å². The second-order valence-corrected chi connectivity index (χ2v) is 10.1. The number of carboxylic acids is 1. The van der Waals surface area contributed by atoms with Gasteiger partial charge in [0, 0.05) is 6.42 Å². The van der Waals surface area contributed by atoms with Gasteiger partial charge in [-0.25, -0.2) is 4.79 Å². The third-order valence-corrected chi connectivity index (χ3v) is 6.16. The molecule has 0 radical (unpaired) electrons. The van der Waals surface area contributed by atoms with Gasteiger partial charge in [0.2, 0.25) is 47.3 Å². The van der Waals surface area contributed by atoms with Gasteiger partial charge in [-0.05, 0) is 25.8 Å². The Bertz CT molecular complexity index is 1140. The van der Waals surface area contributed by atoms with Gasteiger partial charge in [-0.1, -0.05) is 6.42 Å². The molecule has 47 heavy (non-hydrogen) atoms. The van der Waals surface area contributed by atoms with E-state index in [0.717, 1.165) is 0 Å². The van der Waals surface area contributed by atoms with Crippen molar-refractivity contribution in [2.24, 2.45) is 22.9 Å². The number of carbonyl (C=O) groups excluding carboxylic acids is 8. The summed E-state index contributed by atoms with van der Waals surface area (Å²) < 4.78 is 0. The molecule has 0 spiro atoms. The molecule has 5 atom stereocenters. The van der Waals surface area contributed by atoms with Gasteiger partial charge >= 0.3 is 5.97 Å². The van der Waals surface area contributed by atoms with Crippen LogP contribution in [-0.4, -0.2) is 132 Å². The van der Waals surface area contributed by atoms with Crippen LogP contribution in [0.4, 0.5) is 0 Å². The zero-order valence-corrected chi connectivity index (χ0v) is 25.5. The minimum Gasteiger partial charge on any atom is -0.480 e. The maximum Gasteiger partial charge on any atom is 0.326 e. The summed E-state index contributed by atoms with van der Waals surface area (Å²) in [5.74, 6) is -9.28. The largest absolute Gasteiger partial charge is 0.480 e. The maximum absolute atomic E-state index is 12.7. The van der Waals surface area contributed by atoms with Gasteiger partial charge in [-0.3, -0.25) is 38.4 Å². The molecule has 0 aromatic carbocycles. The number of aliphatic hydroxyl groups is 2. The highest BCUT2D eigenvalue weighted by atomic mass is 16.4. The molecule has 0 unspecified atom stereocenters. The summed E-state index contributed by atoms with van der Waals surface area (Å²) in [7, 11) is 0. The van der Waals surface area contributed by atoms with Crippen LogP contribution in [0.2, 0.25) is 0 Å². The molecule has 22 heteroatoms. The van der Waals surface area contributed by atoms with Gasteiger partial charge in [0.05, 0.1) is 38.8 Å². The van der Waals surface area contributed by atoms with Crippen LogP contribution in [0.3, 0.4) is 0 Å². The Morgan fingerprint density at radius 1 is 0.596 bits per heavy atom. The highest BCUT2D eigenvalue weighted by molar-refractivity contribution is 5.96. The summed E-state index contributed by atoms with van der Waals surface area (Å²) in [4.78, 5) is 108. The number of rotatable bonds is 24. The van der Waals surface area contributed by atoms with E-state index in [4.69, 9.17) is 28.0 Å². The lowest BCUT2D eigenvalue weighted by molar-refractivity contribution is -0.144. The number of nitrogens with one attached hydrogen (secondary N) is 6. The Kier molecular flexibility index (Phi) is 20.2. The summed E-state index contributed by atoms with van der Waals surface area (Å²) in [6.07, 6.45) is -0.0300. The molecular weight excluding hydrogens is 632 g/mol. The number of carboxylic acid groups (broad SMARTS) is 1. The Labute approximate surface area is 268 Å². The normalized spacial score (nSPS) is 13.8. The molecule has 0 aromatic heterocycles.